The summed E-state index contributed by atoms with van der Waals surface area (Å²) in [6, 6.07) is 25.1. The van der Waals surface area contributed by atoms with Crippen molar-refractivity contribution >= 4 is 11.7 Å². The van der Waals surface area contributed by atoms with E-state index in [1.165, 1.54) is 12.1 Å². The Morgan fingerprint density at radius 2 is 1.88 bits per heavy atom. The Morgan fingerprint density at radius 3 is 2.62 bits per heavy atom. The van der Waals surface area contributed by atoms with Crippen LogP contribution in [0.2, 0.25) is 0 Å². The third-order valence-corrected chi connectivity index (χ3v) is 7.33. The van der Waals surface area contributed by atoms with E-state index in [0.717, 1.165) is 34.0 Å². The molecule has 1 N–H and O–H groups in total. The number of benzene rings is 3. The highest BCUT2D eigenvalue weighted by Crippen LogP contribution is 2.39. The van der Waals surface area contributed by atoms with Crippen molar-refractivity contribution in [2.75, 3.05) is 12.4 Å². The number of amides is 2. The molecule has 1 aliphatic rings. The number of halogens is 1. The van der Waals surface area contributed by atoms with Gasteiger partial charge in [-0.15, -0.1) is 0 Å². The Labute approximate surface area is 232 Å². The summed E-state index contributed by atoms with van der Waals surface area (Å²) in [5.41, 5.74) is 5.81. The van der Waals surface area contributed by atoms with Gasteiger partial charge in [0.1, 0.15) is 17.4 Å². The van der Waals surface area contributed by atoms with Crippen molar-refractivity contribution in [3.63, 3.8) is 0 Å². The van der Waals surface area contributed by atoms with Gasteiger partial charge in [0.05, 0.1) is 42.5 Å². The summed E-state index contributed by atoms with van der Waals surface area (Å²) in [5, 5.41) is 8.06. The minimum absolute atomic E-state index is 0.272. The van der Waals surface area contributed by atoms with E-state index in [9.17, 15) is 9.18 Å². The Bertz CT molecular complexity index is 1690. The molecule has 0 saturated carbocycles. The zero-order valence-corrected chi connectivity index (χ0v) is 22.6. The molecule has 0 unspecified atom stereocenters. The van der Waals surface area contributed by atoms with E-state index in [-0.39, 0.29) is 18.4 Å². The molecular weight excluding hydrogens is 505 g/mol. The van der Waals surface area contributed by atoms with Gasteiger partial charge < -0.3 is 19.5 Å². The molecule has 2 aromatic heterocycles. The maximum atomic E-state index is 14.6. The monoisotopic (exact) mass is 535 g/mol. The molecule has 0 bridgehead atoms. The molecule has 0 spiro atoms. The van der Waals surface area contributed by atoms with Crippen molar-refractivity contribution in [3.05, 3.63) is 125 Å². The topological polar surface area (TPSA) is 64.3 Å². The van der Waals surface area contributed by atoms with Crippen molar-refractivity contribution in [2.45, 2.75) is 32.9 Å². The van der Waals surface area contributed by atoms with Crippen LogP contribution in [0.25, 0.3) is 11.5 Å². The Kier molecular flexibility index (Phi) is 6.59. The molecule has 3 heterocycles. The fraction of sp³-hybridized carbons (Fsp3) is 0.188. The van der Waals surface area contributed by atoms with Crippen molar-refractivity contribution in [1.82, 2.24) is 19.2 Å². The number of nitrogens with one attached hydrogen (secondary N) is 1. The molecule has 1 atom stereocenters. The standard InChI is InChI=1S/C32H30FN5O2/c1-4-26-25-20-37(32(39)34-27-18-21(2)15-16-29(27)40-3)30(22-10-8-11-23(33)19-22)28-14-9-17-36(28)31(25)38(35-26)24-12-6-5-7-13-24/h5-19,30H,4,20H2,1-3H3,(H,34,39)/t30-/m1/s1. The molecule has 3 aromatic carbocycles. The minimum atomic E-state index is -0.567. The van der Waals surface area contributed by atoms with Gasteiger partial charge in [-0.1, -0.05) is 43.3 Å². The van der Waals surface area contributed by atoms with E-state index in [1.807, 2.05) is 84.5 Å². The zero-order valence-electron chi connectivity index (χ0n) is 22.6. The number of anilines is 1. The lowest BCUT2D eigenvalue weighted by atomic mass is 10.0. The average Bonchev–Trinajstić information content (AvgIpc) is 3.54. The van der Waals surface area contributed by atoms with Gasteiger partial charge in [0.15, 0.2) is 0 Å². The van der Waals surface area contributed by atoms with Crippen LogP contribution in [-0.2, 0) is 13.0 Å². The number of hydrogen-bond donors (Lipinski definition) is 1. The number of urea groups is 1. The molecule has 5 aromatic rings. The number of fused-ring (bicyclic) bond motifs is 3. The largest absolute Gasteiger partial charge is 0.495 e. The Hall–Kier alpha value is -4.85. The van der Waals surface area contributed by atoms with Crippen LogP contribution in [0.4, 0.5) is 14.9 Å². The van der Waals surface area contributed by atoms with E-state index < -0.39 is 6.04 Å². The lowest BCUT2D eigenvalue weighted by Crippen LogP contribution is -2.38. The molecule has 40 heavy (non-hydrogen) atoms. The van der Waals surface area contributed by atoms with Crippen molar-refractivity contribution < 1.29 is 13.9 Å². The van der Waals surface area contributed by atoms with Crippen molar-refractivity contribution in [1.29, 1.82) is 0 Å². The molecule has 2 amide bonds. The number of aromatic nitrogens is 3. The number of carbonyl (C=O) groups is 1. The maximum absolute atomic E-state index is 14.6. The molecule has 1 aliphatic heterocycles. The van der Waals surface area contributed by atoms with Gasteiger partial charge in [0, 0.05) is 11.8 Å². The van der Waals surface area contributed by atoms with Gasteiger partial charge in [-0.25, -0.2) is 13.9 Å². The van der Waals surface area contributed by atoms with E-state index in [0.29, 0.717) is 23.4 Å². The van der Waals surface area contributed by atoms with Crippen molar-refractivity contribution in [3.8, 4) is 17.3 Å². The number of para-hydroxylation sites is 1. The second-order valence-corrected chi connectivity index (χ2v) is 9.87. The van der Waals surface area contributed by atoms with Gasteiger partial charge in [0.2, 0.25) is 0 Å². The summed E-state index contributed by atoms with van der Waals surface area (Å²) in [4.78, 5) is 16.0. The molecule has 6 rings (SSSR count). The summed E-state index contributed by atoms with van der Waals surface area (Å²) in [6.07, 6.45) is 2.66. The van der Waals surface area contributed by atoms with E-state index in [1.54, 1.807) is 18.1 Å². The van der Waals surface area contributed by atoms with E-state index >= 15 is 0 Å². The van der Waals surface area contributed by atoms with Gasteiger partial charge in [-0.05, 0) is 73.0 Å². The van der Waals surface area contributed by atoms with Crippen LogP contribution in [0.5, 0.6) is 5.75 Å². The van der Waals surface area contributed by atoms with Crippen LogP contribution in [-0.4, -0.2) is 32.4 Å². The molecule has 8 heteroatoms. The smallest absolute Gasteiger partial charge is 0.323 e. The Balaban J connectivity index is 1.55. The predicted octanol–water partition coefficient (Wildman–Crippen LogP) is 6.82. The first-order valence-corrected chi connectivity index (χ1v) is 13.3. The van der Waals surface area contributed by atoms with E-state index in [4.69, 9.17) is 9.84 Å². The first kappa shape index (κ1) is 25.4. The Morgan fingerprint density at radius 1 is 1.05 bits per heavy atom. The number of ether oxygens (including phenoxy) is 1. The van der Waals surface area contributed by atoms with Crippen LogP contribution in [0, 0.1) is 12.7 Å². The van der Waals surface area contributed by atoms with Gasteiger partial charge in [-0.3, -0.25) is 0 Å². The highest BCUT2D eigenvalue weighted by atomic mass is 19.1. The molecule has 0 radical (unpaired) electrons. The summed E-state index contributed by atoms with van der Waals surface area (Å²) in [6.45, 7) is 4.29. The third kappa shape index (κ3) is 4.41. The van der Waals surface area contributed by atoms with Crippen LogP contribution >= 0.6 is 0 Å². The minimum Gasteiger partial charge on any atom is -0.495 e. The summed E-state index contributed by atoms with van der Waals surface area (Å²) < 4.78 is 24.1. The number of nitrogens with zero attached hydrogens (tertiary/aromatic N) is 4. The maximum Gasteiger partial charge on any atom is 0.323 e. The highest BCUT2D eigenvalue weighted by molar-refractivity contribution is 5.92. The summed E-state index contributed by atoms with van der Waals surface area (Å²) in [5.74, 6) is 1.07. The molecule has 0 aliphatic carbocycles. The first-order valence-electron chi connectivity index (χ1n) is 13.3. The molecule has 202 valence electrons. The number of rotatable bonds is 5. The number of carbonyl (C=O) groups excluding carboxylic acids is 1. The molecule has 7 nitrogen and oxygen atoms in total. The molecule has 0 saturated heterocycles. The highest BCUT2D eigenvalue weighted by Gasteiger charge is 2.36. The zero-order chi connectivity index (χ0) is 27.8. The lowest BCUT2D eigenvalue weighted by Gasteiger charge is -2.31. The van der Waals surface area contributed by atoms with Crippen LogP contribution in [0.1, 0.15) is 41.0 Å². The third-order valence-electron chi connectivity index (χ3n) is 7.33. The predicted molar refractivity (Wildman–Crippen MR) is 153 cm³/mol. The fourth-order valence-corrected chi connectivity index (χ4v) is 5.48. The SMILES string of the molecule is CCc1nn(-c2ccccc2)c2c1CN(C(=O)Nc1cc(C)ccc1OC)[C@H](c1cccc(F)c1)c1cccn1-2. The summed E-state index contributed by atoms with van der Waals surface area (Å²) >= 11 is 0. The van der Waals surface area contributed by atoms with Gasteiger partial charge in [-0.2, -0.15) is 5.10 Å². The van der Waals surface area contributed by atoms with Gasteiger partial charge >= 0.3 is 6.03 Å². The fourth-order valence-electron chi connectivity index (χ4n) is 5.48. The lowest BCUT2D eigenvalue weighted by molar-refractivity contribution is 0.194. The first-order chi connectivity index (χ1) is 19.5. The quantitative estimate of drug-likeness (QED) is 0.269. The second-order valence-electron chi connectivity index (χ2n) is 9.87. The van der Waals surface area contributed by atoms with E-state index in [2.05, 4.69) is 16.8 Å². The molecular formula is C32H30FN5O2. The van der Waals surface area contributed by atoms with Crippen LogP contribution < -0.4 is 10.1 Å². The second kappa shape index (κ2) is 10.4. The number of hydrogen-bond acceptors (Lipinski definition) is 3. The van der Waals surface area contributed by atoms with Gasteiger partial charge in [0.25, 0.3) is 0 Å². The summed E-state index contributed by atoms with van der Waals surface area (Å²) in [7, 11) is 1.58. The number of methoxy groups -OCH3 is 1. The normalized spacial score (nSPS) is 14.3. The van der Waals surface area contributed by atoms with Crippen LogP contribution in [0.3, 0.4) is 0 Å². The van der Waals surface area contributed by atoms with Crippen molar-refractivity contribution in [2.24, 2.45) is 0 Å². The molecule has 0 fully saturated rings. The number of aryl methyl sites for hydroxylation is 2. The van der Waals surface area contributed by atoms with Crippen LogP contribution in [0.15, 0.2) is 91.1 Å². The average molecular weight is 536 g/mol.